The quantitative estimate of drug-likeness (QED) is 0.741. The molecule has 2 aliphatic heterocycles. The van der Waals surface area contributed by atoms with E-state index < -0.39 is 17.7 Å². The van der Waals surface area contributed by atoms with Gasteiger partial charge in [-0.3, -0.25) is 4.79 Å². The Morgan fingerprint density at radius 3 is 2.52 bits per heavy atom. The predicted molar refractivity (Wildman–Crippen MR) is 105 cm³/mol. The Hall–Kier alpha value is -1.56. The fourth-order valence-electron chi connectivity index (χ4n) is 3.98. The molecule has 6 nitrogen and oxygen atoms in total. The minimum absolute atomic E-state index is 0.0280. The van der Waals surface area contributed by atoms with Crippen molar-refractivity contribution >= 4 is 12.0 Å². The molecule has 4 unspecified atom stereocenters. The van der Waals surface area contributed by atoms with E-state index in [0.29, 0.717) is 19.6 Å². The summed E-state index contributed by atoms with van der Waals surface area (Å²) in [6, 6.07) is -0.486. The smallest absolute Gasteiger partial charge is 0.408 e. The maximum absolute atomic E-state index is 13.3. The molecule has 154 valence electrons. The molecule has 0 aromatic rings. The topological polar surface area (TPSA) is 67.9 Å². The van der Waals surface area contributed by atoms with Crippen LogP contribution in [0.1, 0.15) is 61.3 Å². The van der Waals surface area contributed by atoms with Crippen LogP contribution in [-0.4, -0.2) is 53.8 Å². The molecule has 2 fully saturated rings. The van der Waals surface area contributed by atoms with Gasteiger partial charge in [0.25, 0.3) is 0 Å². The molecule has 2 aliphatic rings. The number of rotatable bonds is 5. The first kappa shape index (κ1) is 21.7. The van der Waals surface area contributed by atoms with Crippen LogP contribution in [0.15, 0.2) is 11.6 Å². The van der Waals surface area contributed by atoms with E-state index in [1.165, 1.54) is 5.57 Å². The minimum atomic E-state index is -0.595. The van der Waals surface area contributed by atoms with Gasteiger partial charge in [-0.2, -0.15) is 0 Å². The van der Waals surface area contributed by atoms with Crippen molar-refractivity contribution in [2.75, 3.05) is 13.2 Å². The van der Waals surface area contributed by atoms with Gasteiger partial charge in [0.1, 0.15) is 11.6 Å². The third-order valence-corrected chi connectivity index (χ3v) is 4.86. The second-order valence-electron chi connectivity index (χ2n) is 9.42. The van der Waals surface area contributed by atoms with Crippen molar-refractivity contribution in [3.05, 3.63) is 11.6 Å². The van der Waals surface area contributed by atoms with Gasteiger partial charge in [-0.15, -0.1) is 0 Å². The van der Waals surface area contributed by atoms with Crippen molar-refractivity contribution in [2.45, 2.75) is 85.1 Å². The Kier molecular flexibility index (Phi) is 6.95. The predicted octanol–water partition coefficient (Wildman–Crippen LogP) is 3.51. The van der Waals surface area contributed by atoms with E-state index in [1.807, 2.05) is 25.7 Å². The lowest BCUT2D eigenvalue weighted by atomic mass is 10.00. The van der Waals surface area contributed by atoms with E-state index in [9.17, 15) is 9.59 Å². The summed E-state index contributed by atoms with van der Waals surface area (Å²) >= 11 is 0. The maximum atomic E-state index is 13.3. The van der Waals surface area contributed by atoms with E-state index in [-0.39, 0.29) is 29.9 Å². The Balaban J connectivity index is 2.14. The average Bonchev–Trinajstić information content (AvgIpc) is 3.06. The van der Waals surface area contributed by atoms with Crippen molar-refractivity contribution in [3.8, 4) is 0 Å². The third-order valence-electron chi connectivity index (χ3n) is 4.86. The highest BCUT2D eigenvalue weighted by atomic mass is 16.6. The molecule has 0 aliphatic carbocycles. The zero-order valence-electron chi connectivity index (χ0n) is 17.9. The van der Waals surface area contributed by atoms with Crippen LogP contribution in [0, 0.1) is 11.8 Å². The molecule has 2 rings (SSSR count). The lowest BCUT2D eigenvalue weighted by Crippen LogP contribution is -2.52. The van der Waals surface area contributed by atoms with Crippen LogP contribution in [0.25, 0.3) is 0 Å². The molecule has 2 saturated heterocycles. The van der Waals surface area contributed by atoms with E-state index >= 15 is 0 Å². The summed E-state index contributed by atoms with van der Waals surface area (Å²) in [6.45, 7) is 15.0. The van der Waals surface area contributed by atoms with Gasteiger partial charge >= 0.3 is 6.09 Å². The number of nitrogens with one attached hydrogen (secondary N) is 1. The number of likely N-dealkylation sites (tertiary alicyclic amines) is 1. The number of fused-ring (bicyclic) bond motifs is 1. The van der Waals surface area contributed by atoms with Crippen LogP contribution in [0.3, 0.4) is 0 Å². The molecular weight excluding hydrogens is 344 g/mol. The Bertz CT molecular complexity index is 575. The zero-order valence-corrected chi connectivity index (χ0v) is 17.9. The minimum Gasteiger partial charge on any atom is -0.444 e. The lowest BCUT2D eigenvalue weighted by Gasteiger charge is -2.30. The van der Waals surface area contributed by atoms with Gasteiger partial charge < -0.3 is 19.7 Å². The summed E-state index contributed by atoms with van der Waals surface area (Å²) in [5.41, 5.74) is 0.636. The third kappa shape index (κ3) is 5.96. The van der Waals surface area contributed by atoms with E-state index in [4.69, 9.17) is 9.47 Å². The van der Waals surface area contributed by atoms with Gasteiger partial charge in [-0.25, -0.2) is 4.79 Å². The molecule has 0 saturated carbocycles. The largest absolute Gasteiger partial charge is 0.444 e. The standard InChI is InChI=1S/C21H36N2O4/c1-13(2)10-15-12-23(17-8-9-26-18(15)17)19(24)16(11-14(3)4)22-20(25)27-21(5,6)7/h10,14-18H,8-9,11-12H2,1-7H3,(H,22,25). The molecular formula is C21H36N2O4. The highest BCUT2D eigenvalue weighted by molar-refractivity contribution is 5.86. The molecule has 0 aromatic carbocycles. The van der Waals surface area contributed by atoms with Gasteiger partial charge in [0, 0.05) is 19.1 Å². The van der Waals surface area contributed by atoms with E-state index in [0.717, 1.165) is 6.42 Å². The number of alkyl carbamates (subject to hydrolysis) is 1. The summed E-state index contributed by atoms with van der Waals surface area (Å²) < 4.78 is 11.3. The summed E-state index contributed by atoms with van der Waals surface area (Å²) in [7, 11) is 0. The van der Waals surface area contributed by atoms with Crippen molar-refractivity contribution in [1.29, 1.82) is 0 Å². The first-order chi connectivity index (χ1) is 12.5. The Morgan fingerprint density at radius 2 is 1.96 bits per heavy atom. The number of amides is 2. The molecule has 27 heavy (non-hydrogen) atoms. The summed E-state index contributed by atoms with van der Waals surface area (Å²) in [5, 5.41) is 2.81. The van der Waals surface area contributed by atoms with Crippen LogP contribution < -0.4 is 5.32 Å². The normalized spacial score (nSPS) is 25.9. The van der Waals surface area contributed by atoms with Crippen LogP contribution in [0.2, 0.25) is 0 Å². The molecule has 2 amide bonds. The second-order valence-corrected chi connectivity index (χ2v) is 9.42. The van der Waals surface area contributed by atoms with Gasteiger partial charge in [0.05, 0.1) is 12.1 Å². The zero-order chi connectivity index (χ0) is 20.4. The fourth-order valence-corrected chi connectivity index (χ4v) is 3.98. The fraction of sp³-hybridized carbons (Fsp3) is 0.810. The van der Waals surface area contributed by atoms with Crippen molar-refractivity contribution in [3.63, 3.8) is 0 Å². The molecule has 1 N–H and O–H groups in total. The number of carbonyl (C=O) groups is 2. The average molecular weight is 381 g/mol. The van der Waals surface area contributed by atoms with Gasteiger partial charge in [0.2, 0.25) is 5.91 Å². The highest BCUT2D eigenvalue weighted by Gasteiger charge is 2.48. The number of hydrogen-bond donors (Lipinski definition) is 1. The number of carbonyl (C=O) groups excluding carboxylic acids is 2. The van der Waals surface area contributed by atoms with Crippen LogP contribution in [0.4, 0.5) is 4.79 Å². The van der Waals surface area contributed by atoms with Crippen LogP contribution in [-0.2, 0) is 14.3 Å². The second kappa shape index (κ2) is 8.63. The van der Waals surface area contributed by atoms with Crippen molar-refractivity contribution in [2.24, 2.45) is 11.8 Å². The molecule has 4 atom stereocenters. The van der Waals surface area contributed by atoms with Crippen molar-refractivity contribution in [1.82, 2.24) is 10.2 Å². The highest BCUT2D eigenvalue weighted by Crippen LogP contribution is 2.35. The summed E-state index contributed by atoms with van der Waals surface area (Å²) in [5.74, 6) is 0.466. The first-order valence-electron chi connectivity index (χ1n) is 10.0. The molecule has 6 heteroatoms. The monoisotopic (exact) mass is 380 g/mol. The van der Waals surface area contributed by atoms with Gasteiger partial charge in [-0.1, -0.05) is 25.5 Å². The SMILES string of the molecule is CC(C)=CC1CN(C(=O)C(CC(C)C)NC(=O)OC(C)(C)C)C2CCOC12. The Morgan fingerprint density at radius 1 is 1.30 bits per heavy atom. The molecule has 0 radical (unpaired) electrons. The van der Waals surface area contributed by atoms with Crippen LogP contribution >= 0.6 is 0 Å². The molecule has 0 bridgehead atoms. The maximum Gasteiger partial charge on any atom is 0.408 e. The Labute approximate surface area is 163 Å². The van der Waals surface area contributed by atoms with Crippen molar-refractivity contribution < 1.29 is 19.1 Å². The molecule has 0 spiro atoms. The van der Waals surface area contributed by atoms with E-state index in [1.54, 1.807) is 0 Å². The van der Waals surface area contributed by atoms with E-state index in [2.05, 4.69) is 39.1 Å². The molecule has 2 heterocycles. The lowest BCUT2D eigenvalue weighted by molar-refractivity contribution is -0.135. The number of hydrogen-bond acceptors (Lipinski definition) is 4. The number of ether oxygens (including phenoxy) is 2. The first-order valence-corrected chi connectivity index (χ1v) is 10.0. The molecule has 0 aromatic heterocycles. The summed E-state index contributed by atoms with van der Waals surface area (Å²) in [6.07, 6.45) is 3.16. The summed E-state index contributed by atoms with van der Waals surface area (Å²) in [4.78, 5) is 27.5. The van der Waals surface area contributed by atoms with Gasteiger partial charge in [-0.05, 0) is 53.4 Å². The number of nitrogens with zero attached hydrogens (tertiary/aromatic N) is 1. The van der Waals surface area contributed by atoms with Crippen LogP contribution in [0.5, 0.6) is 0 Å². The van der Waals surface area contributed by atoms with Gasteiger partial charge in [0.15, 0.2) is 0 Å². The number of allylic oxidation sites excluding steroid dienone is 1.